The van der Waals surface area contributed by atoms with Crippen LogP contribution in [-0.4, -0.2) is 14.8 Å². The van der Waals surface area contributed by atoms with Crippen molar-refractivity contribution in [1.29, 1.82) is 0 Å². The van der Waals surface area contributed by atoms with Gasteiger partial charge in [0.1, 0.15) is 0 Å². The second-order valence-corrected chi connectivity index (χ2v) is 4.71. The molecule has 0 spiro atoms. The van der Waals surface area contributed by atoms with Crippen molar-refractivity contribution in [3.8, 4) is 0 Å². The summed E-state index contributed by atoms with van der Waals surface area (Å²) < 4.78 is 3.06. The smallest absolute Gasteiger partial charge is 0.0835 e. The van der Waals surface area contributed by atoms with Gasteiger partial charge in [-0.25, -0.2) is 0 Å². The molecule has 0 aromatic carbocycles. The van der Waals surface area contributed by atoms with Crippen molar-refractivity contribution in [1.82, 2.24) is 14.8 Å². The monoisotopic (exact) mass is 279 g/mol. The zero-order valence-corrected chi connectivity index (χ0v) is 11.2. The van der Waals surface area contributed by atoms with Gasteiger partial charge in [0.15, 0.2) is 0 Å². The average Bonchev–Trinajstić information content (AvgIpc) is 2.47. The van der Waals surface area contributed by atoms with Crippen LogP contribution < -0.4 is 0 Å². The number of nitrogens with zero attached hydrogens (tertiary/aromatic N) is 3. The van der Waals surface area contributed by atoms with Gasteiger partial charge in [-0.3, -0.25) is 9.67 Å². The summed E-state index contributed by atoms with van der Waals surface area (Å²) in [6.45, 7) is 6.78. The highest BCUT2D eigenvalue weighted by molar-refractivity contribution is 9.10. The topological polar surface area (TPSA) is 30.7 Å². The Morgan fingerprint density at radius 2 is 2.00 bits per heavy atom. The van der Waals surface area contributed by atoms with Gasteiger partial charge in [0.2, 0.25) is 0 Å². The van der Waals surface area contributed by atoms with E-state index in [1.165, 1.54) is 0 Å². The highest BCUT2D eigenvalue weighted by Crippen LogP contribution is 2.20. The molecule has 2 aromatic heterocycles. The fraction of sp³-hybridized carbons (Fsp3) is 0.333. The molecule has 0 atom stereocenters. The van der Waals surface area contributed by atoms with Gasteiger partial charge in [-0.05, 0) is 48.8 Å². The number of aromatic nitrogens is 3. The van der Waals surface area contributed by atoms with E-state index in [2.05, 4.69) is 32.9 Å². The van der Waals surface area contributed by atoms with E-state index < -0.39 is 0 Å². The summed E-state index contributed by atoms with van der Waals surface area (Å²) in [6.07, 6.45) is 0. The molecule has 0 saturated carbocycles. The number of hydrogen-bond donors (Lipinski definition) is 0. The molecule has 0 unspecified atom stereocenters. The van der Waals surface area contributed by atoms with Crippen LogP contribution in [0.15, 0.2) is 22.7 Å². The van der Waals surface area contributed by atoms with Crippen LogP contribution in [0.4, 0.5) is 0 Å². The summed E-state index contributed by atoms with van der Waals surface area (Å²) in [5, 5.41) is 4.46. The van der Waals surface area contributed by atoms with E-state index in [0.717, 1.165) is 33.8 Å². The maximum Gasteiger partial charge on any atom is 0.0835 e. The number of hydrogen-bond acceptors (Lipinski definition) is 2. The Kier molecular flexibility index (Phi) is 3.10. The van der Waals surface area contributed by atoms with Gasteiger partial charge in [-0.15, -0.1) is 0 Å². The number of aryl methyl sites for hydroxylation is 2. The lowest BCUT2D eigenvalue weighted by Crippen LogP contribution is -2.06. The van der Waals surface area contributed by atoms with Crippen LogP contribution in [0, 0.1) is 20.8 Å². The maximum atomic E-state index is 4.47. The molecule has 2 heterocycles. The summed E-state index contributed by atoms with van der Waals surface area (Å²) in [5.74, 6) is 0. The molecule has 0 aliphatic carbocycles. The zero-order chi connectivity index (χ0) is 11.7. The number of pyridine rings is 1. The standard InChI is InChI=1S/C12H14BrN3/c1-8-5-4-6-11(14-8)7-16-10(3)12(13)9(2)15-16/h4-6H,7H2,1-3H3. The van der Waals surface area contributed by atoms with E-state index in [0.29, 0.717) is 0 Å². The summed E-state index contributed by atoms with van der Waals surface area (Å²) in [5.41, 5.74) is 4.24. The fourth-order valence-electron chi connectivity index (χ4n) is 1.67. The van der Waals surface area contributed by atoms with Crippen LogP contribution in [0.1, 0.15) is 22.8 Å². The van der Waals surface area contributed by atoms with Gasteiger partial charge in [0, 0.05) is 5.69 Å². The van der Waals surface area contributed by atoms with Crippen LogP contribution in [0.2, 0.25) is 0 Å². The van der Waals surface area contributed by atoms with Gasteiger partial charge in [-0.2, -0.15) is 5.10 Å². The van der Waals surface area contributed by atoms with E-state index in [-0.39, 0.29) is 0 Å². The van der Waals surface area contributed by atoms with Crippen molar-refractivity contribution >= 4 is 15.9 Å². The maximum absolute atomic E-state index is 4.47. The third kappa shape index (κ3) is 2.16. The largest absolute Gasteiger partial charge is 0.262 e. The quantitative estimate of drug-likeness (QED) is 0.846. The predicted octanol–water partition coefficient (Wildman–Crippen LogP) is 3.01. The average molecular weight is 280 g/mol. The first kappa shape index (κ1) is 11.3. The molecule has 0 N–H and O–H groups in total. The van der Waals surface area contributed by atoms with E-state index in [1.54, 1.807) is 0 Å². The highest BCUT2D eigenvalue weighted by Gasteiger charge is 2.09. The molecular formula is C12H14BrN3. The first-order valence-corrected chi connectivity index (χ1v) is 5.99. The molecule has 0 bridgehead atoms. The molecule has 3 nitrogen and oxygen atoms in total. The van der Waals surface area contributed by atoms with Crippen molar-refractivity contribution in [2.24, 2.45) is 0 Å². The molecule has 0 amide bonds. The molecule has 4 heteroatoms. The SMILES string of the molecule is Cc1cccc(Cn2nc(C)c(Br)c2C)n1. The Morgan fingerprint density at radius 1 is 1.25 bits per heavy atom. The van der Waals surface area contributed by atoms with E-state index >= 15 is 0 Å². The van der Waals surface area contributed by atoms with Gasteiger partial charge in [0.05, 0.1) is 28.1 Å². The fourth-order valence-corrected chi connectivity index (χ4v) is 1.95. The molecule has 2 rings (SSSR count). The molecule has 0 saturated heterocycles. The minimum atomic E-state index is 0.722. The molecule has 16 heavy (non-hydrogen) atoms. The van der Waals surface area contributed by atoms with Gasteiger partial charge < -0.3 is 0 Å². The van der Waals surface area contributed by atoms with Crippen LogP contribution in [-0.2, 0) is 6.54 Å². The lowest BCUT2D eigenvalue weighted by molar-refractivity contribution is 0.645. The molecule has 0 aliphatic heterocycles. The Balaban J connectivity index is 2.30. The first-order chi connectivity index (χ1) is 7.58. The lowest BCUT2D eigenvalue weighted by Gasteiger charge is -2.04. The minimum absolute atomic E-state index is 0.722. The van der Waals surface area contributed by atoms with Crippen LogP contribution in [0.25, 0.3) is 0 Å². The molecular weight excluding hydrogens is 266 g/mol. The van der Waals surface area contributed by atoms with Crippen molar-refractivity contribution in [3.63, 3.8) is 0 Å². The Labute approximate surface area is 104 Å². The Morgan fingerprint density at radius 3 is 2.56 bits per heavy atom. The normalized spacial score (nSPS) is 10.8. The number of rotatable bonds is 2. The lowest BCUT2D eigenvalue weighted by atomic mass is 10.3. The minimum Gasteiger partial charge on any atom is -0.262 e. The molecule has 0 aliphatic rings. The second-order valence-electron chi connectivity index (χ2n) is 3.91. The molecule has 2 aromatic rings. The van der Waals surface area contributed by atoms with Gasteiger partial charge >= 0.3 is 0 Å². The molecule has 84 valence electrons. The van der Waals surface area contributed by atoms with Crippen molar-refractivity contribution in [3.05, 3.63) is 45.4 Å². The van der Waals surface area contributed by atoms with Crippen LogP contribution in [0.3, 0.4) is 0 Å². The van der Waals surface area contributed by atoms with Crippen LogP contribution >= 0.6 is 15.9 Å². The van der Waals surface area contributed by atoms with E-state index in [9.17, 15) is 0 Å². The molecule has 0 radical (unpaired) electrons. The summed E-state index contributed by atoms with van der Waals surface area (Å²) in [7, 11) is 0. The van der Waals surface area contributed by atoms with Gasteiger partial charge in [0.25, 0.3) is 0 Å². The van der Waals surface area contributed by atoms with E-state index in [4.69, 9.17) is 0 Å². The molecule has 0 fully saturated rings. The van der Waals surface area contributed by atoms with Gasteiger partial charge in [-0.1, -0.05) is 6.07 Å². The Bertz CT molecular complexity index is 517. The summed E-state index contributed by atoms with van der Waals surface area (Å²) in [4.78, 5) is 4.47. The van der Waals surface area contributed by atoms with Crippen molar-refractivity contribution in [2.75, 3.05) is 0 Å². The van der Waals surface area contributed by atoms with Crippen molar-refractivity contribution < 1.29 is 0 Å². The first-order valence-electron chi connectivity index (χ1n) is 5.20. The third-order valence-electron chi connectivity index (χ3n) is 2.55. The third-order valence-corrected chi connectivity index (χ3v) is 3.70. The Hall–Kier alpha value is -1.16. The second kappa shape index (κ2) is 4.37. The number of halogens is 1. The van der Waals surface area contributed by atoms with E-state index in [1.807, 2.05) is 36.7 Å². The van der Waals surface area contributed by atoms with Crippen molar-refractivity contribution in [2.45, 2.75) is 27.3 Å². The summed E-state index contributed by atoms with van der Waals surface area (Å²) >= 11 is 3.52. The zero-order valence-electron chi connectivity index (χ0n) is 9.66. The highest BCUT2D eigenvalue weighted by atomic mass is 79.9. The van der Waals surface area contributed by atoms with Crippen LogP contribution in [0.5, 0.6) is 0 Å². The summed E-state index contributed by atoms with van der Waals surface area (Å²) in [6, 6.07) is 6.05. The predicted molar refractivity (Wildman–Crippen MR) is 67.5 cm³/mol.